The summed E-state index contributed by atoms with van der Waals surface area (Å²) in [5.41, 5.74) is 2.78. The van der Waals surface area contributed by atoms with Crippen molar-refractivity contribution in [2.45, 2.75) is 39.3 Å². The lowest BCUT2D eigenvalue weighted by atomic mass is 10.1. The number of halogens is 1. The summed E-state index contributed by atoms with van der Waals surface area (Å²) < 4.78 is 0. The van der Waals surface area contributed by atoms with E-state index < -0.39 is 0 Å². The Balaban J connectivity index is 1.83. The van der Waals surface area contributed by atoms with E-state index in [1.165, 1.54) is 0 Å². The Morgan fingerprint density at radius 2 is 2.04 bits per heavy atom. The molecule has 1 aromatic carbocycles. The summed E-state index contributed by atoms with van der Waals surface area (Å²) in [6.45, 7) is 5.35. The van der Waals surface area contributed by atoms with Gasteiger partial charge in [0.1, 0.15) is 5.15 Å². The zero-order valence-corrected chi connectivity index (χ0v) is 17.4. The first-order valence-corrected chi connectivity index (χ1v) is 9.84. The Morgan fingerprint density at radius 3 is 2.71 bits per heavy atom. The SMILES string of the molecule is CCC(C)NC(=O)c1cccc(CNC(=NC)NCCc2ccc(Cl)nc2)c1. The average molecular weight is 402 g/mol. The highest BCUT2D eigenvalue weighted by Gasteiger charge is 2.09. The Hall–Kier alpha value is -2.60. The van der Waals surface area contributed by atoms with E-state index in [0.29, 0.717) is 23.2 Å². The predicted octanol–water partition coefficient (Wildman–Crippen LogP) is 3.17. The highest BCUT2D eigenvalue weighted by atomic mass is 35.5. The van der Waals surface area contributed by atoms with Crippen LogP contribution in [0.15, 0.2) is 47.6 Å². The number of carbonyl (C=O) groups is 1. The lowest BCUT2D eigenvalue weighted by molar-refractivity contribution is 0.0939. The number of rotatable bonds is 8. The van der Waals surface area contributed by atoms with Crippen molar-refractivity contribution in [3.8, 4) is 0 Å². The van der Waals surface area contributed by atoms with Gasteiger partial charge in [-0.25, -0.2) is 4.98 Å². The minimum Gasteiger partial charge on any atom is -0.356 e. The Kier molecular flexibility index (Phi) is 8.75. The van der Waals surface area contributed by atoms with Gasteiger partial charge in [-0.15, -0.1) is 0 Å². The minimum absolute atomic E-state index is 0.0460. The van der Waals surface area contributed by atoms with E-state index in [-0.39, 0.29) is 11.9 Å². The van der Waals surface area contributed by atoms with Gasteiger partial charge in [-0.3, -0.25) is 9.79 Å². The molecule has 1 heterocycles. The number of aliphatic imine (C=N–C) groups is 1. The van der Waals surface area contributed by atoms with Gasteiger partial charge >= 0.3 is 0 Å². The molecule has 0 aliphatic carbocycles. The van der Waals surface area contributed by atoms with Crippen LogP contribution in [0.5, 0.6) is 0 Å². The second-order valence-electron chi connectivity index (χ2n) is 6.57. The van der Waals surface area contributed by atoms with Gasteiger partial charge in [0.05, 0.1) is 0 Å². The van der Waals surface area contributed by atoms with E-state index in [0.717, 1.165) is 30.5 Å². The second-order valence-corrected chi connectivity index (χ2v) is 6.96. The quantitative estimate of drug-likeness (QED) is 0.360. The van der Waals surface area contributed by atoms with Gasteiger partial charge in [-0.05, 0) is 49.1 Å². The number of amides is 1. The second kappa shape index (κ2) is 11.3. The van der Waals surface area contributed by atoms with Crippen molar-refractivity contribution in [3.63, 3.8) is 0 Å². The number of hydrogen-bond donors (Lipinski definition) is 3. The summed E-state index contributed by atoms with van der Waals surface area (Å²) in [6, 6.07) is 11.5. The number of pyridine rings is 1. The van der Waals surface area contributed by atoms with Crippen molar-refractivity contribution in [2.24, 2.45) is 4.99 Å². The van der Waals surface area contributed by atoms with Crippen LogP contribution < -0.4 is 16.0 Å². The molecule has 0 saturated heterocycles. The number of carbonyl (C=O) groups excluding carboxylic acids is 1. The third kappa shape index (κ3) is 7.19. The highest BCUT2D eigenvalue weighted by Crippen LogP contribution is 2.07. The van der Waals surface area contributed by atoms with E-state index in [2.05, 4.69) is 25.9 Å². The maximum absolute atomic E-state index is 12.3. The van der Waals surface area contributed by atoms with Crippen LogP contribution in [0.4, 0.5) is 0 Å². The molecule has 1 atom stereocenters. The lowest BCUT2D eigenvalue weighted by Gasteiger charge is -2.14. The van der Waals surface area contributed by atoms with Crippen molar-refractivity contribution in [2.75, 3.05) is 13.6 Å². The maximum Gasteiger partial charge on any atom is 0.251 e. The number of aromatic nitrogens is 1. The summed E-state index contributed by atoms with van der Waals surface area (Å²) in [5, 5.41) is 10.0. The monoisotopic (exact) mass is 401 g/mol. The van der Waals surface area contributed by atoms with Gasteiger partial charge in [0.15, 0.2) is 5.96 Å². The molecule has 0 fully saturated rings. The van der Waals surface area contributed by atoms with Gasteiger partial charge in [0.2, 0.25) is 0 Å². The summed E-state index contributed by atoms with van der Waals surface area (Å²) >= 11 is 5.80. The largest absolute Gasteiger partial charge is 0.356 e. The van der Waals surface area contributed by atoms with Crippen molar-refractivity contribution in [1.82, 2.24) is 20.9 Å². The van der Waals surface area contributed by atoms with Gasteiger partial charge in [0.25, 0.3) is 5.91 Å². The van der Waals surface area contributed by atoms with Crippen LogP contribution in [0.25, 0.3) is 0 Å². The fourth-order valence-electron chi connectivity index (χ4n) is 2.52. The third-order valence-corrected chi connectivity index (χ3v) is 4.58. The number of nitrogens with one attached hydrogen (secondary N) is 3. The van der Waals surface area contributed by atoms with Gasteiger partial charge in [0, 0.05) is 37.9 Å². The van der Waals surface area contributed by atoms with E-state index >= 15 is 0 Å². The fourth-order valence-corrected chi connectivity index (χ4v) is 2.63. The molecule has 1 aromatic heterocycles. The molecule has 0 radical (unpaired) electrons. The number of nitrogens with zero attached hydrogens (tertiary/aromatic N) is 2. The molecule has 150 valence electrons. The first-order valence-electron chi connectivity index (χ1n) is 9.46. The maximum atomic E-state index is 12.3. The fraction of sp³-hybridized carbons (Fsp3) is 0.381. The molecule has 0 saturated carbocycles. The van der Waals surface area contributed by atoms with E-state index in [9.17, 15) is 4.79 Å². The number of guanidine groups is 1. The Morgan fingerprint density at radius 1 is 1.21 bits per heavy atom. The van der Waals surface area contributed by atoms with E-state index in [4.69, 9.17) is 11.6 Å². The molecule has 7 heteroatoms. The zero-order valence-electron chi connectivity index (χ0n) is 16.6. The molecule has 0 spiro atoms. The highest BCUT2D eigenvalue weighted by molar-refractivity contribution is 6.29. The van der Waals surface area contributed by atoms with Gasteiger partial charge in [-0.2, -0.15) is 0 Å². The third-order valence-electron chi connectivity index (χ3n) is 4.36. The first kappa shape index (κ1) is 21.7. The van der Waals surface area contributed by atoms with Crippen LogP contribution in [0.2, 0.25) is 5.15 Å². The van der Waals surface area contributed by atoms with Crippen molar-refractivity contribution < 1.29 is 4.79 Å². The lowest BCUT2D eigenvalue weighted by Crippen LogP contribution is -2.38. The Labute approximate surface area is 171 Å². The summed E-state index contributed by atoms with van der Waals surface area (Å²) in [5.74, 6) is 0.659. The topological polar surface area (TPSA) is 78.4 Å². The molecule has 2 aromatic rings. The van der Waals surface area contributed by atoms with Crippen LogP contribution in [0.3, 0.4) is 0 Å². The smallest absolute Gasteiger partial charge is 0.251 e. The van der Waals surface area contributed by atoms with Crippen molar-refractivity contribution in [1.29, 1.82) is 0 Å². The normalized spacial score (nSPS) is 12.4. The molecule has 28 heavy (non-hydrogen) atoms. The van der Waals surface area contributed by atoms with Crippen LogP contribution in [0, 0.1) is 0 Å². The standard InChI is InChI=1S/C21H28ClN5O/c1-4-15(2)27-20(28)18-7-5-6-17(12-18)14-26-21(23-3)24-11-10-16-8-9-19(22)25-13-16/h5-9,12-13,15H,4,10-11,14H2,1-3H3,(H,27,28)(H2,23,24,26). The minimum atomic E-state index is -0.0460. The van der Waals surface area contributed by atoms with Gasteiger partial charge < -0.3 is 16.0 Å². The number of hydrogen-bond acceptors (Lipinski definition) is 3. The molecule has 2 rings (SSSR count). The summed E-state index contributed by atoms with van der Waals surface area (Å²) in [4.78, 5) is 20.6. The molecular formula is C21H28ClN5O. The first-order chi connectivity index (χ1) is 13.5. The molecule has 6 nitrogen and oxygen atoms in total. The van der Waals surface area contributed by atoms with Crippen LogP contribution >= 0.6 is 11.6 Å². The zero-order chi connectivity index (χ0) is 20.4. The van der Waals surface area contributed by atoms with Crippen molar-refractivity contribution in [3.05, 3.63) is 64.4 Å². The van der Waals surface area contributed by atoms with E-state index in [1.54, 1.807) is 19.3 Å². The molecule has 1 amide bonds. The average Bonchev–Trinajstić information content (AvgIpc) is 2.72. The molecule has 3 N–H and O–H groups in total. The molecule has 1 unspecified atom stereocenters. The number of benzene rings is 1. The summed E-state index contributed by atoms with van der Waals surface area (Å²) in [7, 11) is 1.73. The van der Waals surface area contributed by atoms with Crippen LogP contribution in [-0.2, 0) is 13.0 Å². The Bertz CT molecular complexity index is 792. The molecule has 0 aliphatic heterocycles. The molecule has 0 bridgehead atoms. The van der Waals surface area contributed by atoms with Gasteiger partial charge in [-0.1, -0.05) is 36.7 Å². The van der Waals surface area contributed by atoms with Crippen LogP contribution in [-0.4, -0.2) is 36.5 Å². The molecule has 0 aliphatic rings. The van der Waals surface area contributed by atoms with Crippen LogP contribution in [0.1, 0.15) is 41.8 Å². The summed E-state index contributed by atoms with van der Waals surface area (Å²) in [6.07, 6.45) is 3.49. The van der Waals surface area contributed by atoms with E-state index in [1.807, 2.05) is 44.2 Å². The van der Waals surface area contributed by atoms with Crippen molar-refractivity contribution >= 4 is 23.5 Å². The predicted molar refractivity (Wildman–Crippen MR) is 115 cm³/mol. The molecular weight excluding hydrogens is 374 g/mol.